The first kappa shape index (κ1) is 22.0. The first-order valence-electron chi connectivity index (χ1n) is 9.82. The predicted octanol–water partition coefficient (Wildman–Crippen LogP) is 5.43. The van der Waals surface area contributed by atoms with Crippen LogP contribution in [-0.4, -0.2) is 23.3 Å². The molecule has 1 heterocycles. The SMILES string of the molecule is COc1cc(-n2ccnc(Sc3ccc(C)cc3C)c2=O)ccc1OCC(C)(C)C. The zero-order chi connectivity index (χ0) is 21.9. The Hall–Kier alpha value is -2.73. The highest BCUT2D eigenvalue weighted by molar-refractivity contribution is 7.99. The van der Waals surface area contributed by atoms with Gasteiger partial charge in [-0.05, 0) is 43.0 Å². The maximum atomic E-state index is 13.1. The molecule has 3 aromatic rings. The van der Waals surface area contributed by atoms with Gasteiger partial charge in [0.05, 0.1) is 19.4 Å². The van der Waals surface area contributed by atoms with Crippen LogP contribution < -0.4 is 15.0 Å². The van der Waals surface area contributed by atoms with Crippen LogP contribution in [0.5, 0.6) is 11.5 Å². The smallest absolute Gasteiger partial charge is 0.287 e. The third-order valence-corrected chi connectivity index (χ3v) is 5.58. The molecule has 0 saturated carbocycles. The zero-order valence-corrected chi connectivity index (χ0v) is 19.2. The van der Waals surface area contributed by atoms with Crippen LogP contribution in [0.4, 0.5) is 0 Å². The van der Waals surface area contributed by atoms with Crippen molar-refractivity contribution < 1.29 is 9.47 Å². The van der Waals surface area contributed by atoms with Crippen LogP contribution in [0.1, 0.15) is 31.9 Å². The van der Waals surface area contributed by atoms with Gasteiger partial charge in [-0.15, -0.1) is 0 Å². The number of hydrogen-bond acceptors (Lipinski definition) is 5. The van der Waals surface area contributed by atoms with Crippen molar-refractivity contribution in [2.45, 2.75) is 44.5 Å². The van der Waals surface area contributed by atoms with Gasteiger partial charge in [0, 0.05) is 23.4 Å². The number of methoxy groups -OCH3 is 1. The Morgan fingerprint density at radius 3 is 2.50 bits per heavy atom. The van der Waals surface area contributed by atoms with Gasteiger partial charge in [-0.2, -0.15) is 0 Å². The van der Waals surface area contributed by atoms with Crippen molar-refractivity contribution in [2.24, 2.45) is 5.41 Å². The maximum Gasteiger partial charge on any atom is 0.287 e. The van der Waals surface area contributed by atoms with Crippen LogP contribution in [-0.2, 0) is 0 Å². The number of aryl methyl sites for hydroxylation is 2. The van der Waals surface area contributed by atoms with E-state index in [-0.39, 0.29) is 11.0 Å². The summed E-state index contributed by atoms with van der Waals surface area (Å²) in [7, 11) is 1.60. The molecule has 2 aromatic carbocycles. The highest BCUT2D eigenvalue weighted by Crippen LogP contribution is 2.31. The largest absolute Gasteiger partial charge is 0.493 e. The van der Waals surface area contributed by atoms with Gasteiger partial charge in [-0.3, -0.25) is 9.36 Å². The molecule has 0 spiro atoms. The van der Waals surface area contributed by atoms with Crippen molar-refractivity contribution in [3.63, 3.8) is 0 Å². The highest BCUT2D eigenvalue weighted by Gasteiger charge is 2.15. The summed E-state index contributed by atoms with van der Waals surface area (Å²) in [5.74, 6) is 1.24. The molecule has 5 nitrogen and oxygen atoms in total. The Balaban J connectivity index is 1.92. The molecule has 0 amide bonds. The number of nitrogens with zero attached hydrogens (tertiary/aromatic N) is 2. The lowest BCUT2D eigenvalue weighted by atomic mass is 9.99. The summed E-state index contributed by atoms with van der Waals surface area (Å²) >= 11 is 1.38. The number of ether oxygens (including phenoxy) is 2. The van der Waals surface area contributed by atoms with E-state index in [9.17, 15) is 4.79 Å². The third kappa shape index (κ3) is 5.25. The van der Waals surface area contributed by atoms with Crippen molar-refractivity contribution >= 4 is 11.8 Å². The van der Waals surface area contributed by atoms with Gasteiger partial charge in [-0.25, -0.2) is 4.98 Å². The second kappa shape index (κ2) is 8.96. The topological polar surface area (TPSA) is 53.4 Å². The summed E-state index contributed by atoms with van der Waals surface area (Å²) in [5, 5.41) is 0.427. The Morgan fingerprint density at radius 2 is 1.83 bits per heavy atom. The van der Waals surface area contributed by atoms with Gasteiger partial charge in [0.15, 0.2) is 16.5 Å². The van der Waals surface area contributed by atoms with Crippen molar-refractivity contribution in [2.75, 3.05) is 13.7 Å². The molecule has 0 unspecified atom stereocenters. The lowest BCUT2D eigenvalue weighted by molar-refractivity contribution is 0.191. The first-order chi connectivity index (χ1) is 14.2. The molecule has 0 fully saturated rings. The summed E-state index contributed by atoms with van der Waals surface area (Å²) in [6, 6.07) is 11.7. The van der Waals surface area contributed by atoms with Gasteiger partial charge in [0.1, 0.15) is 0 Å². The first-order valence-corrected chi connectivity index (χ1v) is 10.6. The van der Waals surface area contributed by atoms with Crippen molar-refractivity contribution in [3.8, 4) is 17.2 Å². The fourth-order valence-electron chi connectivity index (χ4n) is 2.90. The van der Waals surface area contributed by atoms with E-state index in [0.29, 0.717) is 28.8 Å². The highest BCUT2D eigenvalue weighted by atomic mass is 32.2. The number of hydrogen-bond donors (Lipinski definition) is 0. The average Bonchev–Trinajstić information content (AvgIpc) is 2.69. The summed E-state index contributed by atoms with van der Waals surface area (Å²) in [6.07, 6.45) is 3.31. The summed E-state index contributed by atoms with van der Waals surface area (Å²) in [4.78, 5) is 18.4. The van der Waals surface area contributed by atoms with E-state index in [1.165, 1.54) is 17.3 Å². The zero-order valence-electron chi connectivity index (χ0n) is 18.4. The van der Waals surface area contributed by atoms with E-state index < -0.39 is 0 Å². The molecule has 6 heteroatoms. The molecule has 0 atom stereocenters. The van der Waals surface area contributed by atoms with Crippen LogP contribution in [0.2, 0.25) is 0 Å². The van der Waals surface area contributed by atoms with Crippen LogP contribution in [0.25, 0.3) is 5.69 Å². The molecule has 0 aliphatic carbocycles. The molecule has 0 aliphatic heterocycles. The van der Waals surface area contributed by atoms with E-state index in [0.717, 1.165) is 10.5 Å². The summed E-state index contributed by atoms with van der Waals surface area (Å²) < 4.78 is 13.0. The van der Waals surface area contributed by atoms with Gasteiger partial charge in [0.2, 0.25) is 0 Å². The maximum absolute atomic E-state index is 13.1. The van der Waals surface area contributed by atoms with Gasteiger partial charge < -0.3 is 9.47 Å². The van der Waals surface area contributed by atoms with Crippen LogP contribution >= 0.6 is 11.8 Å². The Morgan fingerprint density at radius 1 is 1.07 bits per heavy atom. The van der Waals surface area contributed by atoms with Crippen molar-refractivity contribution in [1.29, 1.82) is 0 Å². The number of rotatable bonds is 6. The lowest BCUT2D eigenvalue weighted by Gasteiger charge is -2.20. The van der Waals surface area contributed by atoms with Crippen LogP contribution in [0.3, 0.4) is 0 Å². The molecule has 0 N–H and O–H groups in total. The standard InChI is InChI=1S/C24H28N2O3S/c1-16-7-10-21(17(2)13-16)30-22-23(27)26(12-11-25-22)18-8-9-19(20(14-18)28-6)29-15-24(3,4)5/h7-14H,15H2,1-6H3. The second-order valence-corrected chi connectivity index (χ2v) is 9.49. The molecule has 30 heavy (non-hydrogen) atoms. The van der Waals surface area contributed by atoms with E-state index in [4.69, 9.17) is 9.47 Å². The average molecular weight is 425 g/mol. The Bertz CT molecular complexity index is 1100. The van der Waals surface area contributed by atoms with Crippen molar-refractivity contribution in [3.05, 3.63) is 70.3 Å². The second-order valence-electron chi connectivity index (χ2n) is 8.46. The monoisotopic (exact) mass is 424 g/mol. The van der Waals surface area contributed by atoms with Crippen LogP contribution in [0, 0.1) is 19.3 Å². The fourth-order valence-corrected chi connectivity index (χ4v) is 3.77. The Labute approximate surface area is 182 Å². The summed E-state index contributed by atoms with van der Waals surface area (Å²) in [6.45, 7) is 11.0. The Kier molecular flexibility index (Phi) is 6.56. The minimum Gasteiger partial charge on any atom is -0.493 e. The number of benzene rings is 2. The molecule has 3 rings (SSSR count). The number of aromatic nitrogens is 2. The molecule has 158 valence electrons. The van der Waals surface area contributed by atoms with Crippen LogP contribution in [0.15, 0.2) is 63.5 Å². The fraction of sp³-hybridized carbons (Fsp3) is 0.333. The molecular weight excluding hydrogens is 396 g/mol. The van der Waals surface area contributed by atoms with Crippen molar-refractivity contribution in [1.82, 2.24) is 9.55 Å². The minimum atomic E-state index is -0.173. The molecule has 0 saturated heterocycles. The van der Waals surface area contributed by atoms with E-state index >= 15 is 0 Å². The summed E-state index contributed by atoms with van der Waals surface area (Å²) in [5.41, 5.74) is 2.87. The lowest BCUT2D eigenvalue weighted by Crippen LogP contribution is -2.20. The molecule has 0 aliphatic rings. The van der Waals surface area contributed by atoms with E-state index in [1.54, 1.807) is 24.1 Å². The van der Waals surface area contributed by atoms with Gasteiger partial charge in [0.25, 0.3) is 5.56 Å². The molecular formula is C24H28N2O3S. The van der Waals surface area contributed by atoms with E-state index in [1.807, 2.05) is 37.3 Å². The van der Waals surface area contributed by atoms with E-state index in [2.05, 4.69) is 38.7 Å². The third-order valence-electron chi connectivity index (χ3n) is 4.43. The predicted molar refractivity (Wildman–Crippen MR) is 121 cm³/mol. The molecule has 1 aromatic heterocycles. The van der Waals surface area contributed by atoms with Gasteiger partial charge >= 0.3 is 0 Å². The normalized spacial score (nSPS) is 11.4. The minimum absolute atomic E-state index is 0.0337. The molecule has 0 radical (unpaired) electrons. The molecule has 0 bridgehead atoms. The quantitative estimate of drug-likeness (QED) is 0.528. The van der Waals surface area contributed by atoms with Gasteiger partial charge in [-0.1, -0.05) is 50.2 Å².